The maximum absolute atomic E-state index is 12.4. The summed E-state index contributed by atoms with van der Waals surface area (Å²) < 4.78 is 0. The first-order valence-corrected chi connectivity index (χ1v) is 11.1. The molecule has 3 rings (SSSR count). The van der Waals surface area contributed by atoms with E-state index < -0.39 is 5.97 Å². The van der Waals surface area contributed by atoms with Crippen LogP contribution in [0.5, 0.6) is 0 Å². The number of likely N-dealkylation sites (tertiary alicyclic amines) is 1. The molecule has 2 heterocycles. The smallest absolute Gasteiger partial charge is 0.335 e. The van der Waals surface area contributed by atoms with Gasteiger partial charge >= 0.3 is 5.97 Å². The van der Waals surface area contributed by atoms with Gasteiger partial charge in [-0.05, 0) is 67.5 Å². The van der Waals surface area contributed by atoms with Crippen LogP contribution in [0.3, 0.4) is 0 Å². The third kappa shape index (κ3) is 5.93. The van der Waals surface area contributed by atoms with Gasteiger partial charge in [0.25, 0.3) is 0 Å². The van der Waals surface area contributed by atoms with Gasteiger partial charge in [0.05, 0.1) is 5.56 Å². The molecule has 0 spiro atoms. The highest BCUT2D eigenvalue weighted by molar-refractivity contribution is 7.09. The number of nitrogens with zero attached hydrogens (tertiary/aromatic N) is 1. The van der Waals surface area contributed by atoms with Crippen molar-refractivity contribution in [2.24, 2.45) is 5.92 Å². The van der Waals surface area contributed by atoms with Gasteiger partial charge in [-0.3, -0.25) is 4.79 Å². The van der Waals surface area contributed by atoms with Crippen molar-refractivity contribution < 1.29 is 14.7 Å². The Hall–Kier alpha value is -2.14. The molecule has 0 unspecified atom stereocenters. The average Bonchev–Trinajstić information content (AvgIpc) is 3.22. The van der Waals surface area contributed by atoms with Crippen LogP contribution in [0.4, 0.5) is 0 Å². The summed E-state index contributed by atoms with van der Waals surface area (Å²) in [5, 5.41) is 11.4. The van der Waals surface area contributed by atoms with Crippen LogP contribution in [-0.4, -0.2) is 35.0 Å². The third-order valence-corrected chi connectivity index (χ3v) is 6.55. The molecular weight excluding hydrogens is 370 g/mol. The fourth-order valence-electron chi connectivity index (χ4n) is 3.97. The molecule has 150 valence electrons. The van der Waals surface area contributed by atoms with Crippen molar-refractivity contribution in [3.8, 4) is 0 Å². The molecule has 5 heteroatoms. The van der Waals surface area contributed by atoms with E-state index in [-0.39, 0.29) is 5.91 Å². The van der Waals surface area contributed by atoms with Crippen LogP contribution in [-0.2, 0) is 17.6 Å². The molecule has 0 radical (unpaired) electrons. The number of carbonyl (C=O) groups is 2. The predicted molar refractivity (Wildman–Crippen MR) is 113 cm³/mol. The number of aromatic carboxylic acids is 1. The highest BCUT2D eigenvalue weighted by atomic mass is 32.1. The van der Waals surface area contributed by atoms with E-state index in [2.05, 4.69) is 17.5 Å². The summed E-state index contributed by atoms with van der Waals surface area (Å²) in [5.74, 6) is -0.127. The summed E-state index contributed by atoms with van der Waals surface area (Å²) >= 11 is 1.81. The van der Waals surface area contributed by atoms with Crippen molar-refractivity contribution in [1.29, 1.82) is 0 Å². The predicted octanol–water partition coefficient (Wildman–Crippen LogP) is 5.03. The van der Waals surface area contributed by atoms with E-state index in [9.17, 15) is 14.7 Å². The van der Waals surface area contributed by atoms with E-state index in [0.29, 0.717) is 17.9 Å². The van der Waals surface area contributed by atoms with Gasteiger partial charge in [-0.15, -0.1) is 11.3 Å². The number of thiophene rings is 1. The molecule has 1 saturated heterocycles. The molecular formula is C23H29NO3S. The van der Waals surface area contributed by atoms with Crippen LogP contribution in [0.15, 0.2) is 41.8 Å². The van der Waals surface area contributed by atoms with Crippen LogP contribution in [0, 0.1) is 5.92 Å². The number of rotatable bonds is 9. The first-order valence-electron chi connectivity index (χ1n) is 10.2. The number of carboxylic acid groups (broad SMARTS) is 1. The summed E-state index contributed by atoms with van der Waals surface area (Å²) in [4.78, 5) is 27.2. The number of aryl methyl sites for hydroxylation is 1. The first-order chi connectivity index (χ1) is 13.6. The van der Waals surface area contributed by atoms with Crippen LogP contribution in [0.1, 0.15) is 59.3 Å². The zero-order valence-electron chi connectivity index (χ0n) is 16.3. The van der Waals surface area contributed by atoms with E-state index in [4.69, 9.17) is 0 Å². The van der Waals surface area contributed by atoms with E-state index in [1.807, 2.05) is 17.0 Å². The lowest BCUT2D eigenvalue weighted by Crippen LogP contribution is -2.38. The molecule has 0 atom stereocenters. The van der Waals surface area contributed by atoms with Crippen LogP contribution in [0.25, 0.3) is 0 Å². The second-order valence-corrected chi connectivity index (χ2v) is 8.66. The normalized spacial score (nSPS) is 14.9. The van der Waals surface area contributed by atoms with Gasteiger partial charge in [-0.2, -0.15) is 0 Å². The topological polar surface area (TPSA) is 57.6 Å². The van der Waals surface area contributed by atoms with Gasteiger partial charge in [0.1, 0.15) is 0 Å². The first kappa shape index (κ1) is 20.6. The monoisotopic (exact) mass is 399 g/mol. The van der Waals surface area contributed by atoms with Crippen molar-refractivity contribution in [3.05, 3.63) is 57.8 Å². The molecule has 0 bridgehead atoms. The highest BCUT2D eigenvalue weighted by Crippen LogP contribution is 2.24. The Labute approximate surface area is 171 Å². The lowest BCUT2D eigenvalue weighted by Gasteiger charge is -2.32. The minimum absolute atomic E-state index is 0.278. The summed E-state index contributed by atoms with van der Waals surface area (Å²) in [6, 6.07) is 11.5. The van der Waals surface area contributed by atoms with Crippen molar-refractivity contribution >= 4 is 23.2 Å². The maximum atomic E-state index is 12.4. The van der Waals surface area contributed by atoms with Crippen molar-refractivity contribution in [3.63, 3.8) is 0 Å². The molecule has 2 aromatic rings. The summed E-state index contributed by atoms with van der Waals surface area (Å²) in [6.45, 7) is 1.60. The van der Waals surface area contributed by atoms with E-state index in [0.717, 1.165) is 63.6 Å². The lowest BCUT2D eigenvalue weighted by molar-refractivity contribution is -0.132. The van der Waals surface area contributed by atoms with Gasteiger partial charge in [-0.25, -0.2) is 4.79 Å². The molecule has 1 aliphatic rings. The molecule has 4 nitrogen and oxygen atoms in total. The molecule has 1 fully saturated rings. The molecule has 1 aromatic heterocycles. The Kier molecular flexibility index (Phi) is 7.66. The molecule has 1 N–H and O–H groups in total. The number of unbranched alkanes of at least 4 members (excludes halogenated alkanes) is 2. The second-order valence-electron chi connectivity index (χ2n) is 7.63. The summed E-state index contributed by atoms with van der Waals surface area (Å²) in [6.07, 6.45) is 7.69. The van der Waals surface area contributed by atoms with Gasteiger partial charge in [-0.1, -0.05) is 30.7 Å². The third-order valence-electron chi connectivity index (χ3n) is 5.62. The van der Waals surface area contributed by atoms with Crippen LogP contribution < -0.4 is 0 Å². The van der Waals surface area contributed by atoms with Crippen molar-refractivity contribution in [2.45, 2.75) is 51.4 Å². The van der Waals surface area contributed by atoms with E-state index >= 15 is 0 Å². The number of amides is 1. The van der Waals surface area contributed by atoms with Gasteiger partial charge in [0.2, 0.25) is 5.91 Å². The average molecular weight is 400 g/mol. The Bertz CT molecular complexity index is 764. The minimum Gasteiger partial charge on any atom is -0.478 e. The molecule has 28 heavy (non-hydrogen) atoms. The fraction of sp³-hybridized carbons (Fsp3) is 0.478. The van der Waals surface area contributed by atoms with Gasteiger partial charge < -0.3 is 10.0 Å². The fourth-order valence-corrected chi connectivity index (χ4v) is 4.72. The number of piperidine rings is 1. The second kappa shape index (κ2) is 10.4. The highest BCUT2D eigenvalue weighted by Gasteiger charge is 2.23. The molecule has 1 aromatic carbocycles. The Morgan fingerprint density at radius 3 is 2.54 bits per heavy atom. The van der Waals surface area contributed by atoms with E-state index in [1.165, 1.54) is 4.88 Å². The maximum Gasteiger partial charge on any atom is 0.335 e. The Morgan fingerprint density at radius 1 is 1.04 bits per heavy atom. The Morgan fingerprint density at radius 2 is 1.82 bits per heavy atom. The number of carboxylic acids is 1. The number of benzene rings is 1. The molecule has 0 saturated carbocycles. The van der Waals surface area contributed by atoms with E-state index in [1.54, 1.807) is 23.5 Å². The largest absolute Gasteiger partial charge is 0.478 e. The van der Waals surface area contributed by atoms with Crippen LogP contribution in [0.2, 0.25) is 0 Å². The minimum atomic E-state index is -0.859. The summed E-state index contributed by atoms with van der Waals surface area (Å²) in [7, 11) is 0. The van der Waals surface area contributed by atoms with Crippen molar-refractivity contribution in [2.75, 3.05) is 13.1 Å². The molecule has 1 amide bonds. The number of carbonyl (C=O) groups excluding carboxylic acids is 1. The SMILES string of the molecule is O=C(O)c1ccccc1CC1CCN(C(=O)CCCCCc2cccs2)CC1. The lowest BCUT2D eigenvalue weighted by atomic mass is 9.88. The zero-order chi connectivity index (χ0) is 19.8. The van der Waals surface area contributed by atoms with Gasteiger partial charge in [0, 0.05) is 24.4 Å². The summed E-state index contributed by atoms with van der Waals surface area (Å²) in [5.41, 5.74) is 1.31. The zero-order valence-corrected chi connectivity index (χ0v) is 17.1. The standard InChI is InChI=1S/C23H29NO3S/c25-22(11-3-1-2-8-20-9-6-16-28-20)24-14-12-18(13-15-24)17-19-7-4-5-10-21(19)23(26)27/h4-7,9-10,16,18H,1-3,8,11-15,17H2,(H,26,27). The molecule has 0 aliphatic carbocycles. The molecule has 1 aliphatic heterocycles. The van der Waals surface area contributed by atoms with Crippen LogP contribution >= 0.6 is 11.3 Å². The van der Waals surface area contributed by atoms with Crippen molar-refractivity contribution in [1.82, 2.24) is 4.90 Å². The van der Waals surface area contributed by atoms with Gasteiger partial charge in [0.15, 0.2) is 0 Å². The number of hydrogen-bond donors (Lipinski definition) is 1. The Balaban J connectivity index is 1.35. The quantitative estimate of drug-likeness (QED) is 0.602. The number of hydrogen-bond acceptors (Lipinski definition) is 3.